The van der Waals surface area contributed by atoms with Crippen molar-refractivity contribution in [2.75, 3.05) is 0 Å². The second kappa shape index (κ2) is 3.93. The van der Waals surface area contributed by atoms with Crippen molar-refractivity contribution in [1.82, 2.24) is 0 Å². The van der Waals surface area contributed by atoms with Crippen LogP contribution in [0.1, 0.15) is 27.4 Å². The van der Waals surface area contributed by atoms with Crippen LogP contribution in [0.25, 0.3) is 0 Å². The normalized spacial score (nSPS) is 10.4. The van der Waals surface area contributed by atoms with E-state index >= 15 is 0 Å². The van der Waals surface area contributed by atoms with Gasteiger partial charge in [0.2, 0.25) is 5.78 Å². The van der Waals surface area contributed by atoms with Crippen LogP contribution in [0.2, 0.25) is 0 Å². The SMILES string of the molecule is Cc1ccc(F)c(C(=O)c2ccc(C)o2)c1. The van der Waals surface area contributed by atoms with Gasteiger partial charge < -0.3 is 4.42 Å². The lowest BCUT2D eigenvalue weighted by Gasteiger charge is -2.01. The van der Waals surface area contributed by atoms with Crippen molar-refractivity contribution >= 4 is 5.78 Å². The van der Waals surface area contributed by atoms with Crippen molar-refractivity contribution in [1.29, 1.82) is 0 Å². The van der Waals surface area contributed by atoms with Crippen LogP contribution in [0.3, 0.4) is 0 Å². The number of ketones is 1. The fourth-order valence-corrected chi connectivity index (χ4v) is 1.50. The number of rotatable bonds is 2. The molecule has 82 valence electrons. The first-order valence-electron chi connectivity index (χ1n) is 4.95. The molecule has 1 aromatic carbocycles. The Balaban J connectivity index is 2.45. The highest BCUT2D eigenvalue weighted by atomic mass is 19.1. The molecule has 3 heteroatoms. The molecule has 0 bridgehead atoms. The van der Waals surface area contributed by atoms with Crippen molar-refractivity contribution in [2.24, 2.45) is 0 Å². The van der Waals surface area contributed by atoms with Gasteiger partial charge >= 0.3 is 0 Å². The minimum Gasteiger partial charge on any atom is -0.458 e. The Morgan fingerprint density at radius 2 is 1.94 bits per heavy atom. The number of halogens is 1. The summed E-state index contributed by atoms with van der Waals surface area (Å²) in [5.41, 5.74) is 0.891. The van der Waals surface area contributed by atoms with Crippen LogP contribution in [0.5, 0.6) is 0 Å². The van der Waals surface area contributed by atoms with Gasteiger partial charge in [-0.05, 0) is 38.1 Å². The van der Waals surface area contributed by atoms with Gasteiger partial charge in [-0.15, -0.1) is 0 Å². The lowest BCUT2D eigenvalue weighted by molar-refractivity contribution is 0.100. The van der Waals surface area contributed by atoms with Gasteiger partial charge in [0.1, 0.15) is 11.6 Å². The van der Waals surface area contributed by atoms with E-state index in [1.165, 1.54) is 12.1 Å². The summed E-state index contributed by atoms with van der Waals surface area (Å²) >= 11 is 0. The zero-order chi connectivity index (χ0) is 11.7. The maximum Gasteiger partial charge on any atom is 0.231 e. The van der Waals surface area contributed by atoms with Crippen molar-refractivity contribution in [3.05, 3.63) is 58.8 Å². The molecule has 2 aromatic rings. The summed E-state index contributed by atoms with van der Waals surface area (Å²) in [6, 6.07) is 7.67. The van der Waals surface area contributed by atoms with E-state index < -0.39 is 11.6 Å². The fraction of sp³-hybridized carbons (Fsp3) is 0.154. The quantitative estimate of drug-likeness (QED) is 0.724. The van der Waals surface area contributed by atoms with E-state index in [0.29, 0.717) is 5.76 Å². The number of furan rings is 1. The van der Waals surface area contributed by atoms with Crippen molar-refractivity contribution in [2.45, 2.75) is 13.8 Å². The monoisotopic (exact) mass is 218 g/mol. The summed E-state index contributed by atoms with van der Waals surface area (Å²) in [6.45, 7) is 3.55. The van der Waals surface area contributed by atoms with Crippen LogP contribution >= 0.6 is 0 Å². The third-order valence-electron chi connectivity index (χ3n) is 2.33. The smallest absolute Gasteiger partial charge is 0.231 e. The van der Waals surface area contributed by atoms with Crippen LogP contribution in [0.15, 0.2) is 34.7 Å². The second-order valence-electron chi connectivity index (χ2n) is 3.72. The highest BCUT2D eigenvalue weighted by Gasteiger charge is 2.16. The first kappa shape index (κ1) is 10.6. The molecule has 0 saturated carbocycles. The molecule has 1 aromatic heterocycles. The first-order valence-corrected chi connectivity index (χ1v) is 4.95. The van der Waals surface area contributed by atoms with E-state index in [9.17, 15) is 9.18 Å². The van der Waals surface area contributed by atoms with Crippen molar-refractivity contribution < 1.29 is 13.6 Å². The molecule has 0 aliphatic rings. The van der Waals surface area contributed by atoms with Gasteiger partial charge in [0, 0.05) is 0 Å². The predicted octanol–water partition coefficient (Wildman–Crippen LogP) is 3.27. The van der Waals surface area contributed by atoms with E-state index in [-0.39, 0.29) is 11.3 Å². The molecule has 0 fully saturated rings. The molecule has 0 unspecified atom stereocenters. The van der Waals surface area contributed by atoms with Crippen LogP contribution in [-0.2, 0) is 0 Å². The number of hydrogen-bond donors (Lipinski definition) is 0. The lowest BCUT2D eigenvalue weighted by Crippen LogP contribution is -2.03. The molecule has 0 amide bonds. The summed E-state index contributed by atoms with van der Waals surface area (Å²) in [7, 11) is 0. The third kappa shape index (κ3) is 1.89. The molecule has 0 aliphatic heterocycles. The van der Waals surface area contributed by atoms with Crippen LogP contribution < -0.4 is 0 Å². The Kier molecular flexibility index (Phi) is 2.60. The van der Waals surface area contributed by atoms with Crippen molar-refractivity contribution in [3.63, 3.8) is 0 Å². The topological polar surface area (TPSA) is 30.2 Å². The summed E-state index contributed by atoms with van der Waals surface area (Å²) < 4.78 is 18.6. The van der Waals surface area contributed by atoms with E-state index in [4.69, 9.17) is 4.42 Å². The highest BCUT2D eigenvalue weighted by molar-refractivity contribution is 6.07. The standard InChI is InChI=1S/C13H11FO2/c1-8-3-5-11(14)10(7-8)13(15)12-6-4-9(2)16-12/h3-7H,1-2H3. The maximum atomic E-state index is 13.4. The van der Waals surface area contributed by atoms with Gasteiger partial charge in [-0.1, -0.05) is 11.6 Å². The van der Waals surface area contributed by atoms with E-state index in [2.05, 4.69) is 0 Å². The Labute approximate surface area is 92.7 Å². The van der Waals surface area contributed by atoms with Crippen LogP contribution in [-0.4, -0.2) is 5.78 Å². The van der Waals surface area contributed by atoms with Gasteiger partial charge in [-0.3, -0.25) is 4.79 Å². The van der Waals surface area contributed by atoms with Gasteiger partial charge in [0.25, 0.3) is 0 Å². The second-order valence-corrected chi connectivity index (χ2v) is 3.72. The molecule has 0 saturated heterocycles. The Morgan fingerprint density at radius 1 is 1.19 bits per heavy atom. The third-order valence-corrected chi connectivity index (χ3v) is 2.33. The Bertz CT molecular complexity index is 541. The van der Waals surface area contributed by atoms with Crippen LogP contribution in [0, 0.1) is 19.7 Å². The molecule has 0 aliphatic carbocycles. The molecule has 0 N–H and O–H groups in total. The number of aryl methyl sites for hydroxylation is 2. The van der Waals surface area contributed by atoms with Gasteiger partial charge in [-0.2, -0.15) is 0 Å². The van der Waals surface area contributed by atoms with Gasteiger partial charge in [0.15, 0.2) is 5.76 Å². The Morgan fingerprint density at radius 3 is 2.56 bits per heavy atom. The average Bonchev–Trinajstić information content (AvgIpc) is 2.67. The average molecular weight is 218 g/mol. The number of benzene rings is 1. The lowest BCUT2D eigenvalue weighted by atomic mass is 10.1. The van der Waals surface area contributed by atoms with Gasteiger partial charge in [0.05, 0.1) is 5.56 Å². The maximum absolute atomic E-state index is 13.4. The molecule has 0 atom stereocenters. The molecule has 2 nitrogen and oxygen atoms in total. The number of hydrogen-bond acceptors (Lipinski definition) is 2. The summed E-state index contributed by atoms with van der Waals surface area (Å²) in [5, 5.41) is 0. The molecule has 0 radical (unpaired) electrons. The highest BCUT2D eigenvalue weighted by Crippen LogP contribution is 2.17. The van der Waals surface area contributed by atoms with E-state index in [1.807, 2.05) is 6.92 Å². The van der Waals surface area contributed by atoms with E-state index in [0.717, 1.165) is 5.56 Å². The summed E-state index contributed by atoms with van der Waals surface area (Å²) in [4.78, 5) is 11.9. The minimum absolute atomic E-state index is 0.0503. The van der Waals surface area contributed by atoms with Gasteiger partial charge in [-0.25, -0.2) is 4.39 Å². The summed E-state index contributed by atoms with van der Waals surface area (Å²) in [6.07, 6.45) is 0. The Hall–Kier alpha value is -1.90. The summed E-state index contributed by atoms with van der Waals surface area (Å²) in [5.74, 6) is -0.141. The number of carbonyl (C=O) groups is 1. The fourth-order valence-electron chi connectivity index (χ4n) is 1.50. The predicted molar refractivity (Wildman–Crippen MR) is 58.0 cm³/mol. The molecular weight excluding hydrogens is 207 g/mol. The molecule has 16 heavy (non-hydrogen) atoms. The van der Waals surface area contributed by atoms with E-state index in [1.54, 1.807) is 25.1 Å². The largest absolute Gasteiger partial charge is 0.458 e. The minimum atomic E-state index is -0.523. The van der Waals surface area contributed by atoms with Crippen LogP contribution in [0.4, 0.5) is 4.39 Å². The zero-order valence-electron chi connectivity index (χ0n) is 9.08. The number of carbonyl (C=O) groups excluding carboxylic acids is 1. The molecule has 2 rings (SSSR count). The zero-order valence-corrected chi connectivity index (χ0v) is 9.08. The molecule has 0 spiro atoms. The molecule has 1 heterocycles. The molecular formula is C13H11FO2. The first-order chi connectivity index (χ1) is 7.58. The van der Waals surface area contributed by atoms with Crippen molar-refractivity contribution in [3.8, 4) is 0 Å².